The highest BCUT2D eigenvalue weighted by Crippen LogP contribution is 2.02. The first-order valence-electron chi connectivity index (χ1n) is 3.97. The molecule has 0 radical (unpaired) electrons. The molecule has 0 aliphatic heterocycles. The van der Waals surface area contributed by atoms with E-state index in [1.54, 1.807) is 18.2 Å². The standard InChI is InChI=1S/C6H7NO2S.C2H3N3/c7-10(8,9)6-4-2-1-3-5-6;1-3-2-5-4-1/h1-5H,(H2,7,8,9);1-2H,(H,3,4,5). The number of nitrogens with zero attached hydrogens (tertiary/aromatic N) is 2. The van der Waals surface area contributed by atoms with E-state index in [1.165, 1.54) is 24.8 Å². The Bertz CT molecular complexity index is 449. The van der Waals surface area contributed by atoms with E-state index in [-0.39, 0.29) is 4.90 Å². The summed E-state index contributed by atoms with van der Waals surface area (Å²) in [6.07, 6.45) is 2.96. The number of rotatable bonds is 1. The predicted octanol–water partition coefficient (Wildman–Crippen LogP) is 0.139. The van der Waals surface area contributed by atoms with E-state index in [4.69, 9.17) is 5.14 Å². The first kappa shape index (κ1) is 11.3. The van der Waals surface area contributed by atoms with E-state index < -0.39 is 10.0 Å². The molecule has 3 N–H and O–H groups in total. The highest BCUT2D eigenvalue weighted by molar-refractivity contribution is 7.89. The van der Waals surface area contributed by atoms with Crippen molar-refractivity contribution in [3.8, 4) is 0 Å². The largest absolute Gasteiger partial charge is 0.266 e. The van der Waals surface area contributed by atoms with E-state index in [2.05, 4.69) is 15.2 Å². The van der Waals surface area contributed by atoms with Gasteiger partial charge in [-0.2, -0.15) is 5.10 Å². The van der Waals surface area contributed by atoms with Crippen LogP contribution >= 0.6 is 0 Å². The number of nitrogens with one attached hydrogen (secondary N) is 1. The van der Waals surface area contributed by atoms with E-state index in [0.29, 0.717) is 0 Å². The molecule has 0 amide bonds. The molecule has 0 unspecified atom stereocenters. The Morgan fingerprint density at radius 1 is 1.20 bits per heavy atom. The molecule has 15 heavy (non-hydrogen) atoms. The monoisotopic (exact) mass is 226 g/mol. The number of benzene rings is 1. The SMILES string of the molecule is NS(=O)(=O)c1ccccc1.c1nc[nH]n1. The number of hydrogen-bond acceptors (Lipinski definition) is 4. The van der Waals surface area contributed by atoms with Gasteiger partial charge < -0.3 is 0 Å². The van der Waals surface area contributed by atoms with E-state index in [1.807, 2.05) is 0 Å². The van der Waals surface area contributed by atoms with E-state index in [0.717, 1.165) is 0 Å². The summed E-state index contributed by atoms with van der Waals surface area (Å²) in [5.74, 6) is 0. The molecule has 2 aromatic rings. The number of sulfonamides is 1. The van der Waals surface area contributed by atoms with Crippen LogP contribution in [0.5, 0.6) is 0 Å². The normalized spacial score (nSPS) is 10.2. The minimum absolute atomic E-state index is 0.148. The van der Waals surface area contributed by atoms with E-state index >= 15 is 0 Å². The maximum atomic E-state index is 10.6. The number of hydrogen-bond donors (Lipinski definition) is 2. The average molecular weight is 226 g/mol. The first-order chi connectivity index (χ1) is 7.11. The van der Waals surface area contributed by atoms with Gasteiger partial charge in [-0.3, -0.25) is 5.10 Å². The lowest BCUT2D eigenvalue weighted by Crippen LogP contribution is -2.11. The second kappa shape index (κ2) is 5.23. The zero-order valence-electron chi connectivity index (χ0n) is 7.74. The van der Waals surface area contributed by atoms with Crippen LogP contribution in [0.3, 0.4) is 0 Å². The summed E-state index contributed by atoms with van der Waals surface area (Å²) in [5.41, 5.74) is 0. The van der Waals surface area contributed by atoms with Gasteiger partial charge in [-0.25, -0.2) is 18.5 Å². The van der Waals surface area contributed by atoms with Crippen molar-refractivity contribution < 1.29 is 8.42 Å². The van der Waals surface area contributed by atoms with Crippen LogP contribution in [-0.4, -0.2) is 23.6 Å². The van der Waals surface area contributed by atoms with Crippen molar-refractivity contribution in [2.24, 2.45) is 5.14 Å². The van der Waals surface area contributed by atoms with Crippen molar-refractivity contribution in [1.29, 1.82) is 0 Å². The van der Waals surface area contributed by atoms with Crippen LogP contribution in [0.25, 0.3) is 0 Å². The van der Waals surface area contributed by atoms with Crippen LogP contribution in [0, 0.1) is 0 Å². The van der Waals surface area contributed by atoms with Crippen molar-refractivity contribution in [1.82, 2.24) is 15.2 Å². The molecule has 0 spiro atoms. The highest BCUT2D eigenvalue weighted by atomic mass is 32.2. The smallest absolute Gasteiger partial charge is 0.238 e. The Hall–Kier alpha value is -1.73. The third-order valence-corrected chi connectivity index (χ3v) is 2.33. The second-order valence-electron chi connectivity index (χ2n) is 2.51. The molecule has 1 aromatic carbocycles. The molecule has 7 heteroatoms. The Labute approximate surface area is 87.2 Å². The minimum Gasteiger partial charge on any atom is -0.266 e. The molecule has 0 aliphatic rings. The van der Waals surface area contributed by atoms with Gasteiger partial charge in [-0.15, -0.1) is 0 Å². The van der Waals surface area contributed by atoms with Crippen LogP contribution in [0.2, 0.25) is 0 Å². The number of nitrogens with two attached hydrogens (primary N) is 1. The summed E-state index contributed by atoms with van der Waals surface area (Å²) in [6.45, 7) is 0. The predicted molar refractivity (Wildman–Crippen MR) is 54.2 cm³/mol. The zero-order valence-corrected chi connectivity index (χ0v) is 8.55. The fourth-order valence-corrected chi connectivity index (χ4v) is 1.31. The van der Waals surface area contributed by atoms with Crippen molar-refractivity contribution in [3.63, 3.8) is 0 Å². The summed E-state index contributed by atoms with van der Waals surface area (Å²) < 4.78 is 21.2. The molecule has 0 fully saturated rings. The van der Waals surface area contributed by atoms with Gasteiger partial charge in [0.2, 0.25) is 10.0 Å². The number of aromatic amines is 1. The van der Waals surface area contributed by atoms with Crippen molar-refractivity contribution in [2.45, 2.75) is 4.90 Å². The molecular weight excluding hydrogens is 216 g/mol. The third kappa shape index (κ3) is 4.34. The molecule has 1 heterocycles. The Morgan fingerprint density at radius 3 is 2.13 bits per heavy atom. The molecule has 0 atom stereocenters. The van der Waals surface area contributed by atoms with Crippen LogP contribution in [0.1, 0.15) is 0 Å². The van der Waals surface area contributed by atoms with Crippen molar-refractivity contribution in [2.75, 3.05) is 0 Å². The maximum Gasteiger partial charge on any atom is 0.238 e. The molecule has 2 rings (SSSR count). The Morgan fingerprint density at radius 2 is 1.87 bits per heavy atom. The molecule has 80 valence electrons. The van der Waals surface area contributed by atoms with Gasteiger partial charge in [0.05, 0.1) is 4.90 Å². The highest BCUT2D eigenvalue weighted by Gasteiger charge is 2.03. The summed E-state index contributed by atoms with van der Waals surface area (Å²) in [4.78, 5) is 3.70. The number of aromatic nitrogens is 3. The fourth-order valence-electron chi connectivity index (χ4n) is 0.777. The lowest BCUT2D eigenvalue weighted by Gasteiger charge is -1.93. The zero-order chi connectivity index (χ0) is 11.1. The van der Waals surface area contributed by atoms with Gasteiger partial charge in [-0.05, 0) is 12.1 Å². The minimum atomic E-state index is -3.50. The van der Waals surface area contributed by atoms with Gasteiger partial charge in [0, 0.05) is 0 Å². The topological polar surface area (TPSA) is 102 Å². The van der Waals surface area contributed by atoms with Gasteiger partial charge in [0.25, 0.3) is 0 Å². The summed E-state index contributed by atoms with van der Waals surface area (Å²) in [5, 5.41) is 10.8. The Balaban J connectivity index is 0.000000187. The quantitative estimate of drug-likeness (QED) is 0.721. The van der Waals surface area contributed by atoms with Crippen LogP contribution in [0.4, 0.5) is 0 Å². The fraction of sp³-hybridized carbons (Fsp3) is 0. The van der Waals surface area contributed by atoms with Crippen LogP contribution in [-0.2, 0) is 10.0 Å². The second-order valence-corrected chi connectivity index (χ2v) is 4.07. The molecule has 0 bridgehead atoms. The molecule has 1 aromatic heterocycles. The van der Waals surface area contributed by atoms with Crippen molar-refractivity contribution >= 4 is 10.0 Å². The van der Waals surface area contributed by atoms with Gasteiger partial charge in [0.1, 0.15) is 12.7 Å². The molecule has 0 saturated carbocycles. The molecule has 0 aliphatic carbocycles. The molecule has 0 saturated heterocycles. The summed E-state index contributed by atoms with van der Waals surface area (Å²) in [7, 11) is -3.50. The average Bonchev–Trinajstić information content (AvgIpc) is 2.76. The van der Waals surface area contributed by atoms with E-state index in [9.17, 15) is 8.42 Å². The number of primary sulfonamides is 1. The summed E-state index contributed by atoms with van der Waals surface area (Å²) >= 11 is 0. The van der Waals surface area contributed by atoms with Crippen molar-refractivity contribution in [3.05, 3.63) is 43.0 Å². The lowest BCUT2D eigenvalue weighted by molar-refractivity contribution is 0.598. The lowest BCUT2D eigenvalue weighted by atomic mass is 10.4. The van der Waals surface area contributed by atoms with Gasteiger partial charge in [-0.1, -0.05) is 18.2 Å². The molecule has 6 nitrogen and oxygen atoms in total. The van der Waals surface area contributed by atoms with Crippen LogP contribution < -0.4 is 5.14 Å². The summed E-state index contributed by atoms with van der Waals surface area (Å²) in [6, 6.07) is 7.89. The first-order valence-corrected chi connectivity index (χ1v) is 5.52. The Kier molecular flexibility index (Phi) is 3.95. The number of H-pyrrole nitrogens is 1. The van der Waals surface area contributed by atoms with Gasteiger partial charge >= 0.3 is 0 Å². The molecular formula is C8H10N4O2S. The van der Waals surface area contributed by atoms with Gasteiger partial charge in [0.15, 0.2) is 0 Å². The maximum absolute atomic E-state index is 10.6. The third-order valence-electron chi connectivity index (χ3n) is 1.40. The van der Waals surface area contributed by atoms with Crippen LogP contribution in [0.15, 0.2) is 47.9 Å².